The number of nitrogens with zero attached hydrogens (tertiary/aromatic N) is 2. The van der Waals surface area contributed by atoms with Crippen LogP contribution in [0.15, 0.2) is 0 Å². The summed E-state index contributed by atoms with van der Waals surface area (Å²) in [7, 11) is 1.34. The molecule has 0 aliphatic heterocycles. The molecule has 4 nitrogen and oxygen atoms in total. The van der Waals surface area contributed by atoms with Crippen LogP contribution in [0.25, 0.3) is 0 Å². The zero-order valence-corrected chi connectivity index (χ0v) is 8.21. The lowest BCUT2D eigenvalue weighted by atomic mass is 10.2. The molecule has 0 aliphatic carbocycles. The molecule has 1 heterocycles. The number of methoxy groups -OCH3 is 1. The summed E-state index contributed by atoms with van der Waals surface area (Å²) >= 11 is 0. The Labute approximate surface area is 77.0 Å². The van der Waals surface area contributed by atoms with Crippen molar-refractivity contribution in [2.24, 2.45) is 0 Å². The van der Waals surface area contributed by atoms with Crippen molar-refractivity contribution in [3.05, 3.63) is 22.8 Å². The number of esters is 1. The van der Waals surface area contributed by atoms with E-state index in [1.165, 1.54) is 7.11 Å². The standard InChI is InChI=1S/C9H12N2O2/c1-5-6(2)10-7(3)11-8(5)9(12)13-4/h1-4H3. The molecule has 0 fully saturated rings. The predicted molar refractivity (Wildman–Crippen MR) is 47.6 cm³/mol. The van der Waals surface area contributed by atoms with Gasteiger partial charge in [0.05, 0.1) is 7.11 Å². The van der Waals surface area contributed by atoms with E-state index in [4.69, 9.17) is 0 Å². The first-order valence-corrected chi connectivity index (χ1v) is 3.96. The second-order valence-electron chi connectivity index (χ2n) is 2.82. The van der Waals surface area contributed by atoms with Gasteiger partial charge in [0.2, 0.25) is 0 Å². The Bertz CT molecular complexity index is 348. The van der Waals surface area contributed by atoms with Crippen LogP contribution in [-0.4, -0.2) is 23.0 Å². The molecule has 70 valence electrons. The van der Waals surface area contributed by atoms with Gasteiger partial charge in [-0.05, 0) is 20.8 Å². The number of carbonyl (C=O) groups excluding carboxylic acids is 1. The second kappa shape index (κ2) is 3.51. The third-order valence-corrected chi connectivity index (χ3v) is 1.88. The van der Waals surface area contributed by atoms with E-state index in [2.05, 4.69) is 14.7 Å². The summed E-state index contributed by atoms with van der Waals surface area (Å²) in [6, 6.07) is 0. The molecule has 0 spiro atoms. The molecule has 4 heteroatoms. The fraction of sp³-hybridized carbons (Fsp3) is 0.444. The Morgan fingerprint density at radius 3 is 2.38 bits per heavy atom. The number of aryl methyl sites for hydroxylation is 2. The summed E-state index contributed by atoms with van der Waals surface area (Å²) in [5, 5.41) is 0. The molecule has 0 saturated heterocycles. The first kappa shape index (κ1) is 9.64. The van der Waals surface area contributed by atoms with Crippen LogP contribution >= 0.6 is 0 Å². The van der Waals surface area contributed by atoms with Crippen LogP contribution in [0, 0.1) is 20.8 Å². The quantitative estimate of drug-likeness (QED) is 0.609. The van der Waals surface area contributed by atoms with Gasteiger partial charge < -0.3 is 4.74 Å². The molecule has 0 aliphatic rings. The van der Waals surface area contributed by atoms with Crippen molar-refractivity contribution in [2.75, 3.05) is 7.11 Å². The summed E-state index contributed by atoms with van der Waals surface area (Å²) in [5.74, 6) is 0.176. The number of carbonyl (C=O) groups is 1. The van der Waals surface area contributed by atoms with Crippen molar-refractivity contribution in [1.29, 1.82) is 0 Å². The van der Waals surface area contributed by atoms with Gasteiger partial charge in [-0.1, -0.05) is 0 Å². The molecule has 0 atom stereocenters. The molecule has 1 aromatic rings. The molecule has 0 radical (unpaired) electrons. The second-order valence-corrected chi connectivity index (χ2v) is 2.82. The van der Waals surface area contributed by atoms with E-state index in [-0.39, 0.29) is 0 Å². The highest BCUT2D eigenvalue weighted by atomic mass is 16.5. The Hall–Kier alpha value is -1.45. The maximum atomic E-state index is 11.2. The Morgan fingerprint density at radius 1 is 1.23 bits per heavy atom. The van der Waals surface area contributed by atoms with Crippen molar-refractivity contribution in [3.63, 3.8) is 0 Å². The number of rotatable bonds is 1. The third-order valence-electron chi connectivity index (χ3n) is 1.88. The average molecular weight is 180 g/mol. The topological polar surface area (TPSA) is 52.1 Å². The number of hydrogen-bond donors (Lipinski definition) is 0. The van der Waals surface area contributed by atoms with E-state index < -0.39 is 5.97 Å². The third kappa shape index (κ3) is 1.83. The van der Waals surface area contributed by atoms with Gasteiger partial charge in [0.25, 0.3) is 0 Å². The molecule has 0 bridgehead atoms. The Balaban J connectivity index is 3.28. The van der Waals surface area contributed by atoms with Crippen LogP contribution in [0.3, 0.4) is 0 Å². The van der Waals surface area contributed by atoms with Crippen LogP contribution in [0.2, 0.25) is 0 Å². The summed E-state index contributed by atoms with van der Waals surface area (Å²) in [6.45, 7) is 5.40. The van der Waals surface area contributed by atoms with Gasteiger partial charge in [-0.15, -0.1) is 0 Å². The highest BCUT2D eigenvalue weighted by Crippen LogP contribution is 2.09. The molecule has 0 aromatic carbocycles. The van der Waals surface area contributed by atoms with Crippen molar-refractivity contribution < 1.29 is 9.53 Å². The van der Waals surface area contributed by atoms with Gasteiger partial charge in [-0.3, -0.25) is 0 Å². The van der Waals surface area contributed by atoms with E-state index in [9.17, 15) is 4.79 Å². The molecule has 0 amide bonds. The van der Waals surface area contributed by atoms with Crippen LogP contribution < -0.4 is 0 Å². The fourth-order valence-corrected chi connectivity index (χ4v) is 1.06. The molecular weight excluding hydrogens is 168 g/mol. The highest BCUT2D eigenvalue weighted by molar-refractivity contribution is 5.88. The molecule has 0 saturated carbocycles. The first-order chi connectivity index (χ1) is 6.06. The van der Waals surface area contributed by atoms with Gasteiger partial charge in [0.1, 0.15) is 5.82 Å². The van der Waals surface area contributed by atoms with Crippen molar-refractivity contribution >= 4 is 5.97 Å². The summed E-state index contributed by atoms with van der Waals surface area (Å²) in [4.78, 5) is 19.4. The van der Waals surface area contributed by atoms with E-state index >= 15 is 0 Å². The molecule has 13 heavy (non-hydrogen) atoms. The minimum atomic E-state index is -0.411. The molecule has 0 unspecified atom stereocenters. The zero-order chi connectivity index (χ0) is 10.0. The average Bonchev–Trinajstić information content (AvgIpc) is 2.10. The Kier molecular flexibility index (Phi) is 2.60. The molecular formula is C9H12N2O2. The van der Waals surface area contributed by atoms with E-state index in [0.717, 1.165) is 11.3 Å². The lowest BCUT2D eigenvalue weighted by molar-refractivity contribution is 0.0592. The monoisotopic (exact) mass is 180 g/mol. The maximum Gasteiger partial charge on any atom is 0.357 e. The van der Waals surface area contributed by atoms with Gasteiger partial charge in [0.15, 0.2) is 5.69 Å². The van der Waals surface area contributed by atoms with E-state index in [1.54, 1.807) is 13.8 Å². The number of ether oxygens (including phenoxy) is 1. The molecule has 1 rings (SSSR count). The fourth-order valence-electron chi connectivity index (χ4n) is 1.06. The van der Waals surface area contributed by atoms with Gasteiger partial charge in [-0.2, -0.15) is 0 Å². The summed E-state index contributed by atoms with van der Waals surface area (Å²) in [5.41, 5.74) is 1.94. The van der Waals surface area contributed by atoms with Crippen molar-refractivity contribution in [3.8, 4) is 0 Å². The van der Waals surface area contributed by atoms with Crippen LogP contribution in [0.1, 0.15) is 27.6 Å². The smallest absolute Gasteiger partial charge is 0.357 e. The molecule has 0 N–H and O–H groups in total. The highest BCUT2D eigenvalue weighted by Gasteiger charge is 2.13. The normalized spacial score (nSPS) is 9.85. The van der Waals surface area contributed by atoms with Gasteiger partial charge in [-0.25, -0.2) is 14.8 Å². The lowest BCUT2D eigenvalue weighted by Crippen LogP contribution is -2.10. The van der Waals surface area contributed by atoms with Crippen LogP contribution in [0.4, 0.5) is 0 Å². The largest absolute Gasteiger partial charge is 0.464 e. The van der Waals surface area contributed by atoms with E-state index in [0.29, 0.717) is 11.5 Å². The summed E-state index contributed by atoms with van der Waals surface area (Å²) in [6.07, 6.45) is 0. The van der Waals surface area contributed by atoms with Crippen LogP contribution in [-0.2, 0) is 4.74 Å². The summed E-state index contributed by atoms with van der Waals surface area (Å²) < 4.78 is 4.60. The van der Waals surface area contributed by atoms with Crippen molar-refractivity contribution in [2.45, 2.75) is 20.8 Å². The van der Waals surface area contributed by atoms with Crippen molar-refractivity contribution in [1.82, 2.24) is 9.97 Å². The van der Waals surface area contributed by atoms with E-state index in [1.807, 2.05) is 6.92 Å². The van der Waals surface area contributed by atoms with Crippen LogP contribution in [0.5, 0.6) is 0 Å². The Morgan fingerprint density at radius 2 is 1.85 bits per heavy atom. The SMILES string of the molecule is COC(=O)c1nc(C)nc(C)c1C. The minimum Gasteiger partial charge on any atom is -0.464 e. The predicted octanol–water partition coefficient (Wildman–Crippen LogP) is 1.19. The number of aromatic nitrogens is 2. The first-order valence-electron chi connectivity index (χ1n) is 3.96. The number of hydrogen-bond acceptors (Lipinski definition) is 4. The maximum absolute atomic E-state index is 11.2. The zero-order valence-electron chi connectivity index (χ0n) is 8.21. The van der Waals surface area contributed by atoms with Gasteiger partial charge >= 0.3 is 5.97 Å². The lowest BCUT2D eigenvalue weighted by Gasteiger charge is -2.05. The molecule has 1 aromatic heterocycles. The minimum absolute atomic E-state index is 0.354. The van der Waals surface area contributed by atoms with Gasteiger partial charge in [0, 0.05) is 11.3 Å².